The van der Waals surface area contributed by atoms with E-state index in [9.17, 15) is 4.79 Å². The van der Waals surface area contributed by atoms with Gasteiger partial charge >= 0.3 is 6.09 Å². The first kappa shape index (κ1) is 17.2. The lowest BCUT2D eigenvalue weighted by molar-refractivity contribution is 0.0184. The molecule has 0 unspecified atom stereocenters. The van der Waals surface area contributed by atoms with Crippen LogP contribution in [0.4, 0.5) is 4.79 Å². The number of amides is 1. The number of aromatic nitrogens is 1. The van der Waals surface area contributed by atoms with Gasteiger partial charge in [0.05, 0.1) is 15.2 Å². The van der Waals surface area contributed by atoms with Gasteiger partial charge in [-0.15, -0.1) is 11.3 Å². The fourth-order valence-electron chi connectivity index (χ4n) is 3.19. The lowest BCUT2D eigenvalue weighted by atomic mass is 9.90. The normalized spacial score (nSPS) is 16.6. The molecule has 5 heteroatoms. The molecule has 4 nitrogen and oxygen atoms in total. The summed E-state index contributed by atoms with van der Waals surface area (Å²) in [7, 11) is 0. The first-order valence-corrected chi connectivity index (χ1v) is 9.46. The molecule has 1 aliphatic rings. The van der Waals surface area contributed by atoms with Crippen LogP contribution >= 0.6 is 11.3 Å². The lowest BCUT2D eigenvalue weighted by Gasteiger charge is -2.33. The van der Waals surface area contributed by atoms with Crippen LogP contribution in [0.5, 0.6) is 0 Å². The molecule has 0 atom stereocenters. The number of piperidine rings is 1. The van der Waals surface area contributed by atoms with E-state index in [0.29, 0.717) is 5.92 Å². The first-order chi connectivity index (χ1) is 11.3. The highest BCUT2D eigenvalue weighted by Gasteiger charge is 2.26. The predicted molar refractivity (Wildman–Crippen MR) is 98.6 cm³/mol. The van der Waals surface area contributed by atoms with Crippen LogP contribution in [0.2, 0.25) is 0 Å². The summed E-state index contributed by atoms with van der Waals surface area (Å²) in [4.78, 5) is 18.6. The summed E-state index contributed by atoms with van der Waals surface area (Å²) < 4.78 is 6.72. The van der Waals surface area contributed by atoms with Crippen molar-refractivity contribution in [1.82, 2.24) is 9.88 Å². The van der Waals surface area contributed by atoms with Crippen molar-refractivity contribution in [3.8, 4) is 0 Å². The van der Waals surface area contributed by atoms with Crippen LogP contribution < -0.4 is 0 Å². The number of aryl methyl sites for hydroxylation is 1. The Morgan fingerprint density at radius 2 is 2.04 bits per heavy atom. The van der Waals surface area contributed by atoms with E-state index >= 15 is 0 Å². The molecule has 24 heavy (non-hydrogen) atoms. The fourth-order valence-corrected chi connectivity index (χ4v) is 4.00. The lowest BCUT2D eigenvalue weighted by Crippen LogP contribution is -2.42. The molecule has 1 saturated heterocycles. The van der Waals surface area contributed by atoms with Crippen LogP contribution in [0.3, 0.4) is 0 Å². The second kappa shape index (κ2) is 6.71. The molecule has 0 spiro atoms. The highest BCUT2D eigenvalue weighted by molar-refractivity contribution is 7.18. The molecule has 0 bridgehead atoms. The molecule has 0 saturated carbocycles. The summed E-state index contributed by atoms with van der Waals surface area (Å²) in [5.74, 6) is 0.626. The molecule has 1 aliphatic heterocycles. The van der Waals surface area contributed by atoms with Gasteiger partial charge in [-0.1, -0.05) is 6.07 Å². The van der Waals surface area contributed by atoms with Gasteiger partial charge in [-0.25, -0.2) is 9.78 Å². The summed E-state index contributed by atoms with van der Waals surface area (Å²) in [6, 6.07) is 6.63. The second-order valence-corrected chi connectivity index (χ2v) is 8.88. The highest BCUT2D eigenvalue weighted by atomic mass is 32.1. The van der Waals surface area contributed by atoms with Crippen molar-refractivity contribution >= 4 is 27.6 Å². The maximum atomic E-state index is 12.1. The van der Waals surface area contributed by atoms with Gasteiger partial charge in [-0.2, -0.15) is 0 Å². The zero-order valence-corrected chi connectivity index (χ0v) is 15.8. The molecule has 1 aromatic carbocycles. The van der Waals surface area contributed by atoms with Crippen LogP contribution in [0.1, 0.15) is 44.2 Å². The summed E-state index contributed by atoms with van der Waals surface area (Å²) in [5, 5.41) is 1.12. The van der Waals surface area contributed by atoms with Crippen molar-refractivity contribution < 1.29 is 9.53 Å². The Morgan fingerprint density at radius 3 is 2.71 bits per heavy atom. The third-order valence-corrected chi connectivity index (χ3v) is 5.30. The Hall–Kier alpha value is -1.62. The molecule has 3 rings (SSSR count). The van der Waals surface area contributed by atoms with Crippen LogP contribution in [0, 0.1) is 12.8 Å². The van der Waals surface area contributed by atoms with Crippen LogP contribution in [0.25, 0.3) is 10.2 Å². The molecule has 0 aliphatic carbocycles. The number of carbonyl (C=O) groups is 1. The topological polar surface area (TPSA) is 42.4 Å². The molecular formula is C19H26N2O2S. The maximum Gasteiger partial charge on any atom is 0.410 e. The third-order valence-electron chi connectivity index (χ3n) is 4.35. The average molecular weight is 346 g/mol. The number of benzene rings is 1. The maximum absolute atomic E-state index is 12.1. The molecule has 130 valence electrons. The molecule has 1 aromatic heterocycles. The predicted octanol–water partition coefficient (Wildman–Crippen LogP) is 4.79. The number of carbonyl (C=O) groups excluding carboxylic acids is 1. The molecule has 2 heterocycles. The standard InChI is InChI=1S/C19H26N2O2S/c1-13-20-16-12-15(5-6-17(16)24-13)11-14-7-9-21(10-8-14)18(22)23-19(2,3)4/h5-6,12,14H,7-11H2,1-4H3. The van der Waals surface area contributed by atoms with Gasteiger partial charge in [0, 0.05) is 13.1 Å². The van der Waals surface area contributed by atoms with Gasteiger partial charge in [0.15, 0.2) is 0 Å². The number of likely N-dealkylation sites (tertiary alicyclic amines) is 1. The Morgan fingerprint density at radius 1 is 1.33 bits per heavy atom. The Bertz CT molecular complexity index is 725. The van der Waals surface area contributed by atoms with Crippen molar-refractivity contribution in [1.29, 1.82) is 0 Å². The molecule has 2 aromatic rings. The molecule has 1 fully saturated rings. The summed E-state index contributed by atoms with van der Waals surface area (Å²) in [5.41, 5.74) is 2.04. The zero-order valence-electron chi connectivity index (χ0n) is 15.0. The first-order valence-electron chi connectivity index (χ1n) is 8.64. The monoisotopic (exact) mass is 346 g/mol. The van der Waals surface area contributed by atoms with Gasteiger partial charge in [0.2, 0.25) is 0 Å². The van der Waals surface area contributed by atoms with E-state index in [4.69, 9.17) is 4.74 Å². The number of hydrogen-bond acceptors (Lipinski definition) is 4. The van der Waals surface area contributed by atoms with Crippen LogP contribution in [-0.4, -0.2) is 34.7 Å². The third kappa shape index (κ3) is 4.26. The van der Waals surface area contributed by atoms with Gasteiger partial charge in [0.25, 0.3) is 0 Å². The van der Waals surface area contributed by atoms with Crippen molar-refractivity contribution in [3.05, 3.63) is 28.8 Å². The number of nitrogens with zero attached hydrogens (tertiary/aromatic N) is 2. The molecule has 0 N–H and O–H groups in total. The Labute approximate surface area is 147 Å². The minimum Gasteiger partial charge on any atom is -0.444 e. The minimum atomic E-state index is -0.422. The van der Waals surface area contributed by atoms with Crippen molar-refractivity contribution in [2.45, 2.75) is 52.6 Å². The van der Waals surface area contributed by atoms with E-state index in [1.807, 2.05) is 25.7 Å². The summed E-state index contributed by atoms with van der Waals surface area (Å²) >= 11 is 1.75. The van der Waals surface area contributed by atoms with E-state index in [0.717, 1.165) is 42.9 Å². The molecule has 1 amide bonds. The van der Waals surface area contributed by atoms with Crippen molar-refractivity contribution in [3.63, 3.8) is 0 Å². The van der Waals surface area contributed by atoms with Gasteiger partial charge in [0.1, 0.15) is 5.60 Å². The Balaban J connectivity index is 1.55. The van der Waals surface area contributed by atoms with Crippen LogP contribution in [0.15, 0.2) is 18.2 Å². The number of fused-ring (bicyclic) bond motifs is 1. The molecular weight excluding hydrogens is 320 g/mol. The van der Waals surface area contributed by atoms with Gasteiger partial charge < -0.3 is 9.64 Å². The van der Waals surface area contributed by atoms with E-state index < -0.39 is 5.60 Å². The number of thiazole rings is 1. The fraction of sp³-hybridized carbons (Fsp3) is 0.579. The van der Waals surface area contributed by atoms with E-state index in [1.54, 1.807) is 11.3 Å². The smallest absolute Gasteiger partial charge is 0.410 e. The van der Waals surface area contributed by atoms with Gasteiger partial charge in [-0.05, 0) is 70.6 Å². The number of hydrogen-bond donors (Lipinski definition) is 0. The SMILES string of the molecule is Cc1nc2cc(CC3CCN(C(=O)OC(C)(C)C)CC3)ccc2s1. The van der Waals surface area contributed by atoms with Crippen LogP contribution in [-0.2, 0) is 11.2 Å². The number of rotatable bonds is 2. The summed E-state index contributed by atoms with van der Waals surface area (Å²) in [6.07, 6.45) is 2.95. The van der Waals surface area contributed by atoms with Crippen molar-refractivity contribution in [2.24, 2.45) is 5.92 Å². The highest BCUT2D eigenvalue weighted by Crippen LogP contribution is 2.27. The zero-order chi connectivity index (χ0) is 17.3. The largest absolute Gasteiger partial charge is 0.444 e. The number of ether oxygens (including phenoxy) is 1. The minimum absolute atomic E-state index is 0.180. The Kier molecular flexibility index (Phi) is 4.81. The molecule has 0 radical (unpaired) electrons. The van der Waals surface area contributed by atoms with E-state index in [2.05, 4.69) is 30.1 Å². The second-order valence-electron chi connectivity index (χ2n) is 7.65. The quantitative estimate of drug-likeness (QED) is 0.785. The summed E-state index contributed by atoms with van der Waals surface area (Å²) in [6.45, 7) is 9.36. The van der Waals surface area contributed by atoms with Gasteiger partial charge in [-0.3, -0.25) is 0 Å². The van der Waals surface area contributed by atoms with E-state index in [-0.39, 0.29) is 6.09 Å². The van der Waals surface area contributed by atoms with E-state index in [1.165, 1.54) is 10.3 Å². The van der Waals surface area contributed by atoms with Crippen molar-refractivity contribution in [2.75, 3.05) is 13.1 Å². The average Bonchev–Trinajstić information content (AvgIpc) is 2.85.